The molecule has 4 aromatic rings. The number of benzene rings is 1. The van der Waals surface area contributed by atoms with Crippen LogP contribution < -0.4 is 10.6 Å². The summed E-state index contributed by atoms with van der Waals surface area (Å²) in [5, 5.41) is 13.7. The lowest BCUT2D eigenvalue weighted by molar-refractivity contribution is -0.115. The number of nitrogens with one attached hydrogen (secondary N) is 5. The molecule has 2 amide bonds. The van der Waals surface area contributed by atoms with Crippen LogP contribution in [-0.2, 0) is 20.4 Å². The fourth-order valence-corrected chi connectivity index (χ4v) is 6.93. The van der Waals surface area contributed by atoms with Gasteiger partial charge in [0.1, 0.15) is 5.82 Å². The van der Waals surface area contributed by atoms with Crippen LogP contribution in [0, 0.1) is 47.4 Å². The second-order valence-corrected chi connectivity index (χ2v) is 17.3. The molecule has 374 valence electrons. The number of aromatic nitrogens is 3. The van der Waals surface area contributed by atoms with Gasteiger partial charge in [0, 0.05) is 57.2 Å². The molecule has 1 aliphatic heterocycles. The van der Waals surface area contributed by atoms with Gasteiger partial charge in [0.2, 0.25) is 15.1 Å². The second-order valence-electron chi connectivity index (χ2n) is 14.4. The smallest absolute Gasteiger partial charge is 0.337 e. The molecule has 0 aliphatic carbocycles. The number of carboxylic acid groups (broad SMARTS) is 1. The van der Waals surface area contributed by atoms with Gasteiger partial charge in [-0.2, -0.15) is 0 Å². The Hall–Kier alpha value is -4.98. The lowest BCUT2D eigenvalue weighted by Crippen LogP contribution is -2.35. The number of halogens is 4. The minimum absolute atomic E-state index is 0. The van der Waals surface area contributed by atoms with Gasteiger partial charge < -0.3 is 40.5 Å². The molecule has 67 heavy (non-hydrogen) atoms. The van der Waals surface area contributed by atoms with E-state index in [2.05, 4.69) is 91.4 Å². The highest BCUT2D eigenvalue weighted by molar-refractivity contribution is 8.26. The summed E-state index contributed by atoms with van der Waals surface area (Å²) in [6.45, 7) is 28.1. The standard InChI is InChI=1S/C14H23N3O2.C8H8ClNO2.C8H6FNO.C8H9NO3.C7H17N.CH4.Cl2OS/c1-5-17(6-2)8-7-15-14(19)13-10(3)12(9-18)16-11(13)4;1-4-6(3-11)10-5(2)7(4)8(9)12;9-6-1-2-7-5(3-6)4-8(11)10-7;1-4-6(3-10)9-5(2)7(4)8(11)12;1-4-7-8(5-2)6-3;;1-4(2)3/h9,16H,5-8H2,1-4H3,(H,15,19);3,10H,1-2H3;1-3H,4H2,(H,10,11);3,9H,1-2H3,(H,11,12);4-7H2,1-3H3;1H4;. The molecule has 0 bridgehead atoms. The van der Waals surface area contributed by atoms with Gasteiger partial charge in [-0.15, -0.1) is 0 Å². The van der Waals surface area contributed by atoms with Gasteiger partial charge >= 0.3 is 5.97 Å². The van der Waals surface area contributed by atoms with Crippen LogP contribution in [0.4, 0.5) is 10.1 Å². The molecule has 4 heterocycles. The average Bonchev–Trinajstić information content (AvgIpc) is 3.96. The topological polar surface area (TPSA) is 235 Å². The Kier molecular flexibility index (Phi) is 32.0. The minimum Gasteiger partial charge on any atom is -0.478 e. The monoisotopic (exact) mass is 1020 g/mol. The molecule has 0 saturated heterocycles. The van der Waals surface area contributed by atoms with Crippen molar-refractivity contribution < 1.29 is 47.3 Å². The Morgan fingerprint density at radius 2 is 1.15 bits per heavy atom. The number of hydrogen-bond donors (Lipinski definition) is 6. The number of aldehydes is 3. The number of carbonyl (C=O) groups is 7. The summed E-state index contributed by atoms with van der Waals surface area (Å²) in [5.41, 5.74) is 7.60. The molecule has 3 aromatic heterocycles. The highest BCUT2D eigenvalue weighted by atomic mass is 36.0. The summed E-state index contributed by atoms with van der Waals surface area (Å²) in [4.78, 5) is 89.1. The van der Waals surface area contributed by atoms with E-state index in [1.54, 1.807) is 47.6 Å². The van der Waals surface area contributed by atoms with E-state index in [0.29, 0.717) is 81.8 Å². The number of hydrogen-bond acceptors (Lipinski definition) is 10. The van der Waals surface area contributed by atoms with E-state index in [9.17, 15) is 38.0 Å². The molecule has 5 rings (SSSR count). The first-order valence-electron chi connectivity index (χ1n) is 20.9. The van der Waals surface area contributed by atoms with Gasteiger partial charge in [-0.3, -0.25) is 28.8 Å². The molecule has 0 unspecified atom stereocenters. The molecule has 0 fully saturated rings. The van der Waals surface area contributed by atoms with Crippen molar-refractivity contribution in [2.45, 2.75) is 96.4 Å². The number of nitrogens with zero attached hydrogens (tertiary/aromatic N) is 2. The van der Waals surface area contributed by atoms with E-state index in [0.717, 1.165) is 42.9 Å². The quantitative estimate of drug-likeness (QED) is 0.0485. The maximum absolute atomic E-state index is 12.5. The van der Waals surface area contributed by atoms with Crippen molar-refractivity contribution in [3.63, 3.8) is 0 Å². The van der Waals surface area contributed by atoms with Crippen LogP contribution in [-0.4, -0.2) is 122 Å². The van der Waals surface area contributed by atoms with Gasteiger partial charge in [-0.25, -0.2) is 13.4 Å². The van der Waals surface area contributed by atoms with Crippen LogP contribution in [0.3, 0.4) is 0 Å². The number of carbonyl (C=O) groups excluding carboxylic acids is 6. The minimum atomic E-state index is -1.67. The first kappa shape index (κ1) is 64.1. The lowest BCUT2D eigenvalue weighted by Gasteiger charge is -2.18. The zero-order valence-electron chi connectivity index (χ0n) is 39.4. The van der Waals surface area contributed by atoms with Crippen molar-refractivity contribution >= 4 is 89.8 Å². The normalized spacial score (nSPS) is 10.7. The Bertz CT molecular complexity index is 2200. The number of aryl methyl sites for hydroxylation is 3. The summed E-state index contributed by atoms with van der Waals surface area (Å²) in [6.07, 6.45) is 3.62. The Labute approximate surface area is 409 Å². The van der Waals surface area contributed by atoms with Crippen LogP contribution in [0.25, 0.3) is 0 Å². The average molecular weight is 1020 g/mol. The molecule has 0 atom stereocenters. The maximum atomic E-state index is 12.5. The summed E-state index contributed by atoms with van der Waals surface area (Å²) >= 11 is 5.31. The SMILES string of the molecule is C.CCCN(CC)CC.CCN(CC)CCNC(=O)c1c(C)[nH]c(C=O)c1C.Cc1[nH]c(C=O)c(C)c1C(=O)Cl.Cc1[nH]c(C=O)c(C)c1C(=O)O.O=C1Cc2cc(F)ccc2N1.O=S(Cl)Cl. The maximum Gasteiger partial charge on any atom is 0.337 e. The van der Waals surface area contributed by atoms with Crippen LogP contribution in [0.5, 0.6) is 0 Å². The first-order valence-corrected chi connectivity index (χ1v) is 24.1. The number of aromatic carboxylic acids is 1. The number of carboxylic acids is 1. The van der Waals surface area contributed by atoms with E-state index in [4.69, 9.17) is 20.9 Å². The van der Waals surface area contributed by atoms with Crippen molar-refractivity contribution in [3.05, 3.63) is 97.1 Å². The highest BCUT2D eigenvalue weighted by Gasteiger charge is 2.19. The number of amides is 2. The predicted molar refractivity (Wildman–Crippen MR) is 268 cm³/mol. The van der Waals surface area contributed by atoms with Gasteiger partial charge in [-0.05, 0) is 133 Å². The summed E-state index contributed by atoms with van der Waals surface area (Å²) in [6, 6.07) is 4.30. The number of likely N-dealkylation sites (N-methyl/N-ethyl adjacent to an activating group) is 1. The molecule has 16 nitrogen and oxygen atoms in total. The lowest BCUT2D eigenvalue weighted by atomic mass is 10.1. The largest absolute Gasteiger partial charge is 0.478 e. The van der Waals surface area contributed by atoms with Crippen molar-refractivity contribution in [2.75, 3.05) is 51.1 Å². The van der Waals surface area contributed by atoms with Crippen LogP contribution in [0.2, 0.25) is 0 Å². The molecular weight excluding hydrogens is 952 g/mol. The highest BCUT2D eigenvalue weighted by Crippen LogP contribution is 2.23. The molecule has 0 radical (unpaired) electrons. The Morgan fingerprint density at radius 1 is 0.746 bits per heavy atom. The molecule has 6 N–H and O–H groups in total. The predicted octanol–water partition coefficient (Wildman–Crippen LogP) is 9.22. The van der Waals surface area contributed by atoms with E-state index >= 15 is 0 Å². The van der Waals surface area contributed by atoms with Crippen LogP contribution >= 0.6 is 33.0 Å². The Balaban J connectivity index is 0. The summed E-state index contributed by atoms with van der Waals surface area (Å²) < 4.78 is 21.6. The summed E-state index contributed by atoms with van der Waals surface area (Å²) in [7, 11) is 7.36. The fourth-order valence-electron chi connectivity index (χ4n) is 6.64. The van der Waals surface area contributed by atoms with Gasteiger partial charge in [-0.1, -0.05) is 42.0 Å². The van der Waals surface area contributed by atoms with E-state index < -0.39 is 20.4 Å². The van der Waals surface area contributed by atoms with Crippen LogP contribution in [0.15, 0.2) is 18.2 Å². The van der Waals surface area contributed by atoms with Crippen molar-refractivity contribution in [3.8, 4) is 0 Å². The van der Waals surface area contributed by atoms with Crippen molar-refractivity contribution in [1.82, 2.24) is 30.1 Å². The molecule has 1 aromatic carbocycles. The fraction of sp³-hybridized carbons (Fsp3) is 0.457. The van der Waals surface area contributed by atoms with Crippen molar-refractivity contribution in [1.29, 1.82) is 0 Å². The zero-order valence-corrected chi connectivity index (χ0v) is 42.4. The first-order chi connectivity index (χ1) is 31.0. The Morgan fingerprint density at radius 3 is 1.49 bits per heavy atom. The third kappa shape index (κ3) is 21.7. The number of aromatic amines is 3. The molecule has 1 aliphatic rings. The van der Waals surface area contributed by atoms with Gasteiger partial charge in [0.25, 0.3) is 11.1 Å². The third-order valence-electron chi connectivity index (χ3n) is 10.2. The second kappa shape index (κ2) is 33.5. The third-order valence-corrected chi connectivity index (χ3v) is 10.3. The van der Waals surface area contributed by atoms with E-state index in [1.807, 2.05) is 0 Å². The van der Waals surface area contributed by atoms with Gasteiger partial charge in [0.15, 0.2) is 18.9 Å². The number of fused-ring (bicyclic) bond motifs is 1. The molecule has 0 saturated carbocycles. The van der Waals surface area contributed by atoms with Gasteiger partial charge in [0.05, 0.1) is 40.2 Å². The van der Waals surface area contributed by atoms with E-state index in [1.165, 1.54) is 38.2 Å². The molecular formula is C46H67Cl3FN7O9S. The zero-order chi connectivity index (χ0) is 50.8. The number of H-pyrrole nitrogens is 3. The molecule has 21 heteroatoms. The van der Waals surface area contributed by atoms with Crippen molar-refractivity contribution in [2.24, 2.45) is 0 Å². The molecule has 0 spiro atoms. The van der Waals surface area contributed by atoms with E-state index in [-0.39, 0.29) is 30.6 Å². The number of rotatable bonds is 15. The summed E-state index contributed by atoms with van der Waals surface area (Å²) in [5.74, 6) is -1.48. The number of anilines is 1. The van der Waals surface area contributed by atoms with Crippen LogP contribution in [0.1, 0.15) is 150 Å².